The summed E-state index contributed by atoms with van der Waals surface area (Å²) < 4.78 is 37.8. The standard InChI is InChI=1S/C20H19F3O/c1-18(2,3)19(24,16-7-5-4-6-8-16)14-13-15-9-11-17(12-10-15)20(21,22)23/h4-12,24H,1-3H3. The van der Waals surface area contributed by atoms with E-state index in [1.54, 1.807) is 12.1 Å². The van der Waals surface area contributed by atoms with Gasteiger partial charge in [0.25, 0.3) is 0 Å². The molecule has 0 aromatic heterocycles. The van der Waals surface area contributed by atoms with Crippen molar-refractivity contribution in [1.29, 1.82) is 0 Å². The lowest BCUT2D eigenvalue weighted by atomic mass is 9.72. The van der Waals surface area contributed by atoms with E-state index in [-0.39, 0.29) is 0 Å². The maximum absolute atomic E-state index is 12.6. The van der Waals surface area contributed by atoms with Crippen LogP contribution in [0, 0.1) is 17.3 Å². The normalized spacial score (nSPS) is 14.5. The molecular formula is C20H19F3O. The summed E-state index contributed by atoms with van der Waals surface area (Å²) >= 11 is 0. The summed E-state index contributed by atoms with van der Waals surface area (Å²) in [4.78, 5) is 0. The first-order valence-corrected chi connectivity index (χ1v) is 7.52. The fourth-order valence-corrected chi connectivity index (χ4v) is 2.28. The van der Waals surface area contributed by atoms with E-state index in [9.17, 15) is 18.3 Å². The fourth-order valence-electron chi connectivity index (χ4n) is 2.28. The molecule has 126 valence electrons. The molecule has 0 aliphatic heterocycles. The van der Waals surface area contributed by atoms with Crippen LogP contribution in [0.1, 0.15) is 37.5 Å². The smallest absolute Gasteiger partial charge is 0.373 e. The molecule has 0 amide bonds. The Morgan fingerprint density at radius 1 is 0.792 bits per heavy atom. The van der Waals surface area contributed by atoms with Crippen LogP contribution < -0.4 is 0 Å². The minimum Gasteiger partial charge on any atom is -0.373 e. The molecule has 0 saturated heterocycles. The molecule has 0 aliphatic rings. The van der Waals surface area contributed by atoms with Crippen molar-refractivity contribution in [2.45, 2.75) is 32.5 Å². The van der Waals surface area contributed by atoms with E-state index < -0.39 is 22.8 Å². The highest BCUT2D eigenvalue weighted by Crippen LogP contribution is 2.38. The third kappa shape index (κ3) is 3.80. The molecule has 24 heavy (non-hydrogen) atoms. The quantitative estimate of drug-likeness (QED) is 0.729. The first kappa shape index (κ1) is 18.1. The second-order valence-corrected chi connectivity index (χ2v) is 6.65. The molecule has 0 spiro atoms. The molecule has 1 atom stereocenters. The Kier molecular flexibility index (Phi) is 4.77. The molecule has 2 rings (SSSR count). The lowest BCUT2D eigenvalue weighted by molar-refractivity contribution is -0.137. The summed E-state index contributed by atoms with van der Waals surface area (Å²) in [6.45, 7) is 5.59. The third-order valence-corrected chi connectivity index (χ3v) is 3.88. The number of benzene rings is 2. The van der Waals surface area contributed by atoms with Gasteiger partial charge in [0.05, 0.1) is 5.56 Å². The number of aliphatic hydroxyl groups is 1. The molecule has 1 N–H and O–H groups in total. The molecule has 2 aromatic rings. The van der Waals surface area contributed by atoms with Gasteiger partial charge in [0, 0.05) is 11.0 Å². The van der Waals surface area contributed by atoms with E-state index in [1.807, 2.05) is 39.0 Å². The molecule has 0 bridgehead atoms. The Bertz CT molecular complexity index is 744. The second-order valence-electron chi connectivity index (χ2n) is 6.65. The Hall–Kier alpha value is -2.25. The zero-order valence-corrected chi connectivity index (χ0v) is 13.8. The van der Waals surface area contributed by atoms with E-state index in [4.69, 9.17) is 0 Å². The second kappa shape index (κ2) is 6.33. The number of halogens is 3. The van der Waals surface area contributed by atoms with Crippen LogP contribution in [0.25, 0.3) is 0 Å². The molecule has 1 unspecified atom stereocenters. The van der Waals surface area contributed by atoms with Gasteiger partial charge in [0.2, 0.25) is 0 Å². The van der Waals surface area contributed by atoms with Crippen molar-refractivity contribution in [2.24, 2.45) is 5.41 Å². The van der Waals surface area contributed by atoms with Gasteiger partial charge in [0.1, 0.15) is 0 Å². The first-order chi connectivity index (χ1) is 11.0. The predicted octanol–water partition coefficient (Wildman–Crippen LogP) is 4.99. The van der Waals surface area contributed by atoms with Crippen LogP contribution in [0.4, 0.5) is 13.2 Å². The molecule has 0 saturated carbocycles. The van der Waals surface area contributed by atoms with Crippen molar-refractivity contribution in [3.05, 3.63) is 71.3 Å². The highest BCUT2D eigenvalue weighted by Gasteiger charge is 2.40. The van der Waals surface area contributed by atoms with Gasteiger partial charge in [-0.1, -0.05) is 62.9 Å². The summed E-state index contributed by atoms with van der Waals surface area (Å²) in [5.74, 6) is 5.65. The van der Waals surface area contributed by atoms with Crippen LogP contribution in [-0.2, 0) is 11.8 Å². The number of hydrogen-bond donors (Lipinski definition) is 1. The first-order valence-electron chi connectivity index (χ1n) is 7.52. The number of hydrogen-bond acceptors (Lipinski definition) is 1. The van der Waals surface area contributed by atoms with Crippen LogP contribution in [0.2, 0.25) is 0 Å². The van der Waals surface area contributed by atoms with Crippen LogP contribution in [0.15, 0.2) is 54.6 Å². The molecule has 0 aliphatic carbocycles. The Morgan fingerprint density at radius 3 is 1.79 bits per heavy atom. The SMILES string of the molecule is CC(C)(C)C(O)(C#Cc1ccc(C(F)(F)F)cc1)c1ccccc1. The van der Waals surface area contributed by atoms with Gasteiger partial charge in [-0.05, 0) is 29.8 Å². The summed E-state index contributed by atoms with van der Waals surface area (Å²) in [6.07, 6.45) is -4.37. The van der Waals surface area contributed by atoms with Crippen LogP contribution in [0.5, 0.6) is 0 Å². The maximum atomic E-state index is 12.6. The average Bonchev–Trinajstić information content (AvgIpc) is 2.52. The summed E-state index contributed by atoms with van der Waals surface area (Å²) in [6, 6.07) is 13.6. The lowest BCUT2D eigenvalue weighted by Gasteiger charge is -2.36. The van der Waals surface area contributed by atoms with E-state index in [0.717, 1.165) is 12.1 Å². The Balaban J connectivity index is 2.41. The van der Waals surface area contributed by atoms with Crippen molar-refractivity contribution in [3.8, 4) is 11.8 Å². The molecular weight excluding hydrogens is 313 g/mol. The van der Waals surface area contributed by atoms with Crippen molar-refractivity contribution < 1.29 is 18.3 Å². The van der Waals surface area contributed by atoms with Gasteiger partial charge < -0.3 is 5.11 Å². The van der Waals surface area contributed by atoms with Crippen molar-refractivity contribution in [3.63, 3.8) is 0 Å². The zero-order valence-electron chi connectivity index (χ0n) is 13.8. The topological polar surface area (TPSA) is 20.2 Å². The Labute approximate surface area is 140 Å². The van der Waals surface area contributed by atoms with Crippen molar-refractivity contribution in [2.75, 3.05) is 0 Å². The molecule has 2 aromatic carbocycles. The number of rotatable bonds is 1. The molecule has 0 fully saturated rings. The largest absolute Gasteiger partial charge is 0.416 e. The van der Waals surface area contributed by atoms with Crippen LogP contribution >= 0.6 is 0 Å². The van der Waals surface area contributed by atoms with Gasteiger partial charge in [-0.15, -0.1) is 0 Å². The van der Waals surface area contributed by atoms with Gasteiger partial charge in [-0.25, -0.2) is 0 Å². The van der Waals surface area contributed by atoms with Crippen LogP contribution in [0.3, 0.4) is 0 Å². The molecule has 1 nitrogen and oxygen atoms in total. The highest BCUT2D eigenvalue weighted by atomic mass is 19.4. The zero-order chi connectivity index (χ0) is 18.0. The Morgan fingerprint density at radius 2 is 1.33 bits per heavy atom. The molecule has 0 radical (unpaired) electrons. The van der Waals surface area contributed by atoms with Gasteiger partial charge in [0.15, 0.2) is 5.60 Å². The van der Waals surface area contributed by atoms with E-state index in [1.165, 1.54) is 12.1 Å². The van der Waals surface area contributed by atoms with Gasteiger partial charge in [-0.2, -0.15) is 13.2 Å². The minimum absolute atomic E-state index is 0.418. The third-order valence-electron chi connectivity index (χ3n) is 3.88. The monoisotopic (exact) mass is 332 g/mol. The summed E-state index contributed by atoms with van der Waals surface area (Å²) in [5.41, 5.74) is -1.65. The van der Waals surface area contributed by atoms with E-state index in [0.29, 0.717) is 11.1 Å². The van der Waals surface area contributed by atoms with Crippen LogP contribution in [-0.4, -0.2) is 5.11 Å². The minimum atomic E-state index is -4.37. The predicted molar refractivity (Wildman–Crippen MR) is 88.1 cm³/mol. The van der Waals surface area contributed by atoms with Gasteiger partial charge in [-0.3, -0.25) is 0 Å². The molecule has 4 heteroatoms. The highest BCUT2D eigenvalue weighted by molar-refractivity contribution is 5.42. The number of alkyl halides is 3. The average molecular weight is 332 g/mol. The fraction of sp³-hybridized carbons (Fsp3) is 0.300. The van der Waals surface area contributed by atoms with Crippen molar-refractivity contribution >= 4 is 0 Å². The van der Waals surface area contributed by atoms with Crippen molar-refractivity contribution in [1.82, 2.24) is 0 Å². The molecule has 0 heterocycles. The summed E-state index contributed by atoms with van der Waals surface area (Å²) in [5, 5.41) is 11.1. The summed E-state index contributed by atoms with van der Waals surface area (Å²) in [7, 11) is 0. The maximum Gasteiger partial charge on any atom is 0.416 e. The van der Waals surface area contributed by atoms with E-state index in [2.05, 4.69) is 11.8 Å². The van der Waals surface area contributed by atoms with Gasteiger partial charge >= 0.3 is 6.18 Å². The van der Waals surface area contributed by atoms with E-state index >= 15 is 0 Å². The lowest BCUT2D eigenvalue weighted by Crippen LogP contribution is -2.38.